The predicted octanol–water partition coefficient (Wildman–Crippen LogP) is 1.85. The highest BCUT2D eigenvalue weighted by Gasteiger charge is 2.33. The summed E-state index contributed by atoms with van der Waals surface area (Å²) >= 11 is 0. The molecule has 74 valence electrons. The van der Waals surface area contributed by atoms with Crippen molar-refractivity contribution in [2.75, 3.05) is 6.54 Å². The third-order valence-corrected chi connectivity index (χ3v) is 2.65. The van der Waals surface area contributed by atoms with Gasteiger partial charge in [-0.25, -0.2) is 0 Å². The van der Waals surface area contributed by atoms with Gasteiger partial charge in [-0.1, -0.05) is 30.3 Å². The van der Waals surface area contributed by atoms with Gasteiger partial charge < -0.3 is 4.90 Å². The minimum absolute atomic E-state index is 0.293. The molecule has 14 heavy (non-hydrogen) atoms. The van der Waals surface area contributed by atoms with Gasteiger partial charge in [-0.2, -0.15) is 0 Å². The third-order valence-electron chi connectivity index (χ3n) is 2.65. The van der Waals surface area contributed by atoms with Crippen LogP contribution < -0.4 is 0 Å². The molecule has 0 N–H and O–H groups in total. The van der Waals surface area contributed by atoms with Crippen molar-refractivity contribution < 1.29 is 4.79 Å². The zero-order chi connectivity index (χ0) is 9.97. The first-order chi connectivity index (χ1) is 6.77. The molecule has 0 bridgehead atoms. The van der Waals surface area contributed by atoms with Gasteiger partial charge in [-0.3, -0.25) is 4.79 Å². The van der Waals surface area contributed by atoms with E-state index < -0.39 is 0 Å². The number of amides is 1. The fourth-order valence-electron chi connectivity index (χ4n) is 1.62. The van der Waals surface area contributed by atoms with E-state index in [4.69, 9.17) is 0 Å². The van der Waals surface area contributed by atoms with Crippen LogP contribution in [-0.2, 0) is 11.2 Å². The molecule has 1 saturated heterocycles. The summed E-state index contributed by atoms with van der Waals surface area (Å²) in [6, 6.07) is 10.6. The molecule has 1 heterocycles. The molecule has 1 aliphatic heterocycles. The summed E-state index contributed by atoms with van der Waals surface area (Å²) in [6.07, 6.45) is 1.51. The Morgan fingerprint density at radius 2 is 2.07 bits per heavy atom. The molecule has 0 saturated carbocycles. The predicted molar refractivity (Wildman–Crippen MR) is 55.9 cm³/mol. The maximum Gasteiger partial charge on any atom is 0.223 e. The molecule has 1 atom stereocenters. The minimum atomic E-state index is 0.293. The Kier molecular flexibility index (Phi) is 2.53. The quantitative estimate of drug-likeness (QED) is 0.664. The molecule has 1 aliphatic rings. The van der Waals surface area contributed by atoms with E-state index in [1.807, 2.05) is 23.1 Å². The summed E-state index contributed by atoms with van der Waals surface area (Å²) in [5, 5.41) is 0. The number of hydrogen-bond acceptors (Lipinski definition) is 1. The second kappa shape index (κ2) is 3.82. The second-order valence-electron chi connectivity index (χ2n) is 3.88. The summed E-state index contributed by atoms with van der Waals surface area (Å²) in [5.74, 6) is 0.293. The zero-order valence-electron chi connectivity index (χ0n) is 8.44. The lowest BCUT2D eigenvalue weighted by Crippen LogP contribution is -2.12. The van der Waals surface area contributed by atoms with E-state index in [1.165, 1.54) is 5.56 Å². The lowest BCUT2D eigenvalue weighted by atomic mass is 10.1. The molecule has 2 heteroatoms. The molecule has 0 aliphatic carbocycles. The molecule has 0 aromatic heterocycles. The highest BCUT2D eigenvalue weighted by atomic mass is 16.2. The molecule has 1 aromatic rings. The van der Waals surface area contributed by atoms with Gasteiger partial charge in [0.15, 0.2) is 0 Å². The normalized spacial score (nSPS) is 19.5. The number of hydrogen-bond donors (Lipinski definition) is 0. The first-order valence-electron chi connectivity index (χ1n) is 5.11. The fourth-order valence-corrected chi connectivity index (χ4v) is 1.62. The smallest absolute Gasteiger partial charge is 0.223 e. The fraction of sp³-hybridized carbons (Fsp3) is 0.417. The van der Waals surface area contributed by atoms with Crippen LogP contribution in [0.2, 0.25) is 0 Å². The topological polar surface area (TPSA) is 20.1 Å². The van der Waals surface area contributed by atoms with Crippen molar-refractivity contribution >= 4 is 5.91 Å². The largest absolute Gasteiger partial charge is 0.336 e. The van der Waals surface area contributed by atoms with Crippen LogP contribution in [0.1, 0.15) is 18.9 Å². The van der Waals surface area contributed by atoms with Crippen LogP contribution in [0.5, 0.6) is 0 Å². The van der Waals surface area contributed by atoms with Crippen molar-refractivity contribution in [2.45, 2.75) is 25.8 Å². The number of rotatable bonds is 3. The van der Waals surface area contributed by atoms with E-state index >= 15 is 0 Å². The zero-order valence-corrected chi connectivity index (χ0v) is 8.44. The van der Waals surface area contributed by atoms with E-state index in [0.717, 1.165) is 13.0 Å². The Labute approximate surface area is 84.5 Å². The molecule has 0 spiro atoms. The number of nitrogens with zero attached hydrogens (tertiary/aromatic N) is 1. The van der Waals surface area contributed by atoms with E-state index in [2.05, 4.69) is 19.1 Å². The van der Waals surface area contributed by atoms with Crippen LogP contribution in [0.4, 0.5) is 0 Å². The van der Waals surface area contributed by atoms with Crippen LogP contribution in [0.3, 0.4) is 0 Å². The van der Waals surface area contributed by atoms with Gasteiger partial charge in [0.2, 0.25) is 5.91 Å². The van der Waals surface area contributed by atoms with Crippen LogP contribution >= 0.6 is 0 Å². The maximum atomic E-state index is 11.5. The molecular formula is C12H15NO. The minimum Gasteiger partial charge on any atom is -0.336 e. The Morgan fingerprint density at radius 3 is 2.64 bits per heavy atom. The maximum absolute atomic E-state index is 11.5. The number of benzene rings is 1. The van der Waals surface area contributed by atoms with Crippen molar-refractivity contribution in [2.24, 2.45) is 0 Å². The van der Waals surface area contributed by atoms with Crippen LogP contribution in [-0.4, -0.2) is 23.4 Å². The third kappa shape index (κ3) is 2.13. The van der Waals surface area contributed by atoms with Crippen LogP contribution in [0.25, 0.3) is 0 Å². The van der Waals surface area contributed by atoms with E-state index in [9.17, 15) is 4.79 Å². The van der Waals surface area contributed by atoms with Gasteiger partial charge >= 0.3 is 0 Å². The summed E-state index contributed by atoms with van der Waals surface area (Å²) in [4.78, 5) is 13.4. The van der Waals surface area contributed by atoms with Crippen molar-refractivity contribution in [1.82, 2.24) is 4.90 Å². The van der Waals surface area contributed by atoms with Crippen molar-refractivity contribution in [3.8, 4) is 0 Å². The Balaban J connectivity index is 1.80. The summed E-state index contributed by atoms with van der Waals surface area (Å²) in [5.41, 5.74) is 1.25. The summed E-state index contributed by atoms with van der Waals surface area (Å²) in [6.45, 7) is 3.04. The van der Waals surface area contributed by atoms with Gasteiger partial charge in [0, 0.05) is 19.0 Å². The van der Waals surface area contributed by atoms with Crippen molar-refractivity contribution in [3.05, 3.63) is 35.9 Å². The van der Waals surface area contributed by atoms with Gasteiger partial charge in [0.05, 0.1) is 0 Å². The Morgan fingerprint density at radius 1 is 1.43 bits per heavy atom. The number of aryl methyl sites for hydroxylation is 1. The summed E-state index contributed by atoms with van der Waals surface area (Å²) < 4.78 is 0. The van der Waals surface area contributed by atoms with Crippen molar-refractivity contribution in [1.29, 1.82) is 0 Å². The Hall–Kier alpha value is -1.31. The van der Waals surface area contributed by atoms with Crippen LogP contribution in [0, 0.1) is 0 Å². The first-order valence-corrected chi connectivity index (χ1v) is 5.11. The first kappa shape index (κ1) is 9.25. The lowest BCUT2D eigenvalue weighted by Gasteiger charge is -2.02. The molecule has 2 rings (SSSR count). The molecular weight excluding hydrogens is 174 g/mol. The van der Waals surface area contributed by atoms with Crippen LogP contribution in [0.15, 0.2) is 30.3 Å². The van der Waals surface area contributed by atoms with Gasteiger partial charge in [0.25, 0.3) is 0 Å². The molecule has 2 nitrogen and oxygen atoms in total. The van der Waals surface area contributed by atoms with E-state index in [-0.39, 0.29) is 0 Å². The van der Waals surface area contributed by atoms with Gasteiger partial charge in [0.1, 0.15) is 0 Å². The van der Waals surface area contributed by atoms with Gasteiger partial charge in [-0.05, 0) is 18.9 Å². The number of carbonyl (C=O) groups is 1. The average molecular weight is 189 g/mol. The van der Waals surface area contributed by atoms with Gasteiger partial charge in [-0.15, -0.1) is 0 Å². The average Bonchev–Trinajstić information content (AvgIpc) is 2.94. The highest BCUT2D eigenvalue weighted by Crippen LogP contribution is 2.18. The Bertz CT molecular complexity index is 320. The second-order valence-corrected chi connectivity index (χ2v) is 3.88. The molecule has 1 unspecified atom stereocenters. The van der Waals surface area contributed by atoms with E-state index in [1.54, 1.807) is 0 Å². The molecule has 1 fully saturated rings. The highest BCUT2D eigenvalue weighted by molar-refractivity contribution is 5.79. The monoisotopic (exact) mass is 189 g/mol. The lowest BCUT2D eigenvalue weighted by molar-refractivity contribution is -0.126. The molecule has 0 radical (unpaired) electrons. The number of carbonyl (C=O) groups excluding carboxylic acids is 1. The standard InChI is InChI=1S/C12H15NO/c1-10-9-13(10)12(14)8-7-11-5-3-2-4-6-11/h2-6,10H,7-9H2,1H3. The molecule has 1 amide bonds. The summed E-state index contributed by atoms with van der Waals surface area (Å²) in [7, 11) is 0. The van der Waals surface area contributed by atoms with E-state index in [0.29, 0.717) is 18.4 Å². The molecule has 1 aromatic carbocycles. The SMILES string of the molecule is CC1CN1C(=O)CCc1ccccc1. The van der Waals surface area contributed by atoms with Crippen molar-refractivity contribution in [3.63, 3.8) is 0 Å².